The van der Waals surface area contributed by atoms with Gasteiger partial charge in [-0.25, -0.2) is 4.98 Å². The molecule has 3 aromatic heterocycles. The van der Waals surface area contributed by atoms with Crippen LogP contribution in [0.1, 0.15) is 40.5 Å². The number of anilines is 1. The van der Waals surface area contributed by atoms with E-state index >= 15 is 0 Å². The van der Waals surface area contributed by atoms with Crippen molar-refractivity contribution in [3.8, 4) is 11.3 Å². The van der Waals surface area contributed by atoms with Crippen molar-refractivity contribution in [2.45, 2.75) is 25.3 Å². The molecule has 0 bridgehead atoms. The molecule has 12 heteroatoms. The number of amides is 1. The zero-order valence-electron chi connectivity index (χ0n) is 21.1. The molecule has 0 saturated carbocycles. The van der Waals surface area contributed by atoms with Crippen LogP contribution < -0.4 is 16.4 Å². The molecule has 0 radical (unpaired) electrons. The molecule has 10 nitrogen and oxygen atoms in total. The van der Waals surface area contributed by atoms with E-state index < -0.39 is 5.91 Å². The smallest absolute Gasteiger partial charge is 0.268 e. The number of aromatic amines is 1. The summed E-state index contributed by atoms with van der Waals surface area (Å²) in [7, 11) is 1.74. The monoisotopic (exact) mass is 561 g/mol. The molecule has 1 saturated heterocycles. The Morgan fingerprint density at radius 3 is 2.62 bits per heavy atom. The maximum absolute atomic E-state index is 12.6. The van der Waals surface area contributed by atoms with E-state index in [-0.39, 0.29) is 17.2 Å². The third kappa shape index (κ3) is 3.55. The van der Waals surface area contributed by atoms with Crippen LogP contribution in [0.5, 0.6) is 0 Å². The molecule has 198 valence electrons. The number of nitrogens with one attached hydrogen (secondary N) is 1. The van der Waals surface area contributed by atoms with E-state index in [0.29, 0.717) is 62.4 Å². The fraction of sp³-hybridized carbons (Fsp3) is 0.296. The molecule has 5 N–H and O–H groups in total. The highest BCUT2D eigenvalue weighted by Gasteiger charge is 2.46. The van der Waals surface area contributed by atoms with Gasteiger partial charge in [0.1, 0.15) is 16.5 Å². The Kier molecular flexibility index (Phi) is 5.39. The van der Waals surface area contributed by atoms with E-state index in [1.165, 1.54) is 11.1 Å². The molecule has 39 heavy (non-hydrogen) atoms. The highest BCUT2D eigenvalue weighted by Crippen LogP contribution is 2.51. The normalized spacial score (nSPS) is 18.4. The van der Waals surface area contributed by atoms with Gasteiger partial charge >= 0.3 is 0 Å². The largest absolute Gasteiger partial charge is 0.364 e. The van der Waals surface area contributed by atoms with Gasteiger partial charge in [-0.05, 0) is 47.9 Å². The molecule has 7 rings (SSSR count). The maximum atomic E-state index is 12.6. The number of carbonyl (C=O) groups excluding carboxylic acids is 1. The number of carbonyl (C=O) groups is 1. The number of H-pyrrole nitrogens is 1. The second-order valence-corrected chi connectivity index (χ2v) is 11.2. The molecular formula is C27H25Cl2N9O. The van der Waals surface area contributed by atoms with Crippen molar-refractivity contribution >= 4 is 57.0 Å². The number of nitrogens with zero attached hydrogens (tertiary/aromatic N) is 6. The zero-order valence-corrected chi connectivity index (χ0v) is 22.6. The summed E-state index contributed by atoms with van der Waals surface area (Å²) in [6, 6.07) is 12.0. The Labute approximate surface area is 233 Å². The minimum absolute atomic E-state index is 0.00556. The Morgan fingerprint density at radius 2 is 1.87 bits per heavy atom. The van der Waals surface area contributed by atoms with Gasteiger partial charge in [-0.3, -0.25) is 14.6 Å². The number of fused-ring (bicyclic) bond motifs is 3. The molecule has 2 aliphatic rings. The summed E-state index contributed by atoms with van der Waals surface area (Å²) in [6.07, 6.45) is 2.76. The van der Waals surface area contributed by atoms with Crippen LogP contribution in [0.4, 0.5) is 5.95 Å². The molecule has 1 aliphatic heterocycles. The molecule has 2 aromatic carbocycles. The summed E-state index contributed by atoms with van der Waals surface area (Å²) in [5, 5.41) is 13.6. The van der Waals surface area contributed by atoms with Crippen LogP contribution in [0.2, 0.25) is 10.2 Å². The predicted molar refractivity (Wildman–Crippen MR) is 151 cm³/mol. The Balaban J connectivity index is 1.25. The van der Waals surface area contributed by atoms with Gasteiger partial charge in [-0.15, -0.1) is 0 Å². The number of primary amides is 1. The van der Waals surface area contributed by atoms with Crippen LogP contribution in [0.3, 0.4) is 0 Å². The van der Waals surface area contributed by atoms with E-state index in [1.54, 1.807) is 23.9 Å². The lowest BCUT2D eigenvalue weighted by atomic mass is 9.73. The number of aryl methyl sites for hydroxylation is 1. The first-order valence-corrected chi connectivity index (χ1v) is 13.5. The lowest BCUT2D eigenvalue weighted by Gasteiger charge is -2.42. The van der Waals surface area contributed by atoms with Gasteiger partial charge < -0.3 is 16.4 Å². The highest BCUT2D eigenvalue weighted by molar-refractivity contribution is 6.43. The van der Waals surface area contributed by atoms with E-state index in [9.17, 15) is 4.79 Å². The molecule has 5 aromatic rings. The summed E-state index contributed by atoms with van der Waals surface area (Å²) >= 11 is 13.2. The molecule has 1 spiro atoms. The predicted octanol–water partition coefficient (Wildman–Crippen LogP) is 4.16. The number of nitrogens with two attached hydrogens (primary N) is 2. The topological polar surface area (TPSA) is 145 Å². The highest BCUT2D eigenvalue weighted by atomic mass is 35.5. The van der Waals surface area contributed by atoms with Crippen LogP contribution in [0, 0.1) is 5.41 Å². The quantitative estimate of drug-likeness (QED) is 0.300. The molecule has 1 amide bonds. The van der Waals surface area contributed by atoms with Gasteiger partial charge in [-0.2, -0.15) is 15.2 Å². The Hall–Kier alpha value is -3.73. The number of hydrogen-bond acceptors (Lipinski definition) is 7. The van der Waals surface area contributed by atoms with E-state index in [1.807, 2.05) is 0 Å². The first kappa shape index (κ1) is 24.3. The van der Waals surface area contributed by atoms with Gasteiger partial charge in [0.05, 0.1) is 21.3 Å². The second-order valence-electron chi connectivity index (χ2n) is 10.5. The third-order valence-corrected chi connectivity index (χ3v) is 9.22. The number of hydrogen-bond donors (Lipinski definition) is 3. The van der Waals surface area contributed by atoms with Crippen LogP contribution in [0.25, 0.3) is 33.2 Å². The summed E-state index contributed by atoms with van der Waals surface area (Å²) < 4.78 is 1.55. The summed E-state index contributed by atoms with van der Waals surface area (Å²) in [5.41, 5.74) is 17.3. The van der Waals surface area contributed by atoms with Gasteiger partial charge in [-0.1, -0.05) is 47.5 Å². The fourth-order valence-corrected chi connectivity index (χ4v) is 6.90. The van der Waals surface area contributed by atoms with Gasteiger partial charge in [0, 0.05) is 31.7 Å². The first-order chi connectivity index (χ1) is 18.8. The summed E-state index contributed by atoms with van der Waals surface area (Å²) in [4.78, 5) is 24.1. The number of rotatable bonds is 3. The van der Waals surface area contributed by atoms with Crippen LogP contribution >= 0.6 is 23.2 Å². The van der Waals surface area contributed by atoms with Gasteiger partial charge in [0.25, 0.3) is 5.91 Å². The molecule has 4 heterocycles. The standard InChI is InChI=1S/C27H25Cl2N9O/c1-37-23(29)17-16(36-37)7-6-15(19(17)28)20-18-21(24(31)39)32-26(33-25(18)35-34-20)38-10-8-27(9-11-38)12-13-4-2-3-5-14(13)22(27)30/h2-7,22H,8-12,30H2,1H3,(H2,31,39)(H,32,33,34,35)/t22-/m1/s1. The Bertz CT molecular complexity index is 1800. The van der Waals surface area contributed by atoms with Crippen molar-refractivity contribution < 1.29 is 4.79 Å². The number of benzene rings is 2. The van der Waals surface area contributed by atoms with Crippen LogP contribution in [-0.2, 0) is 13.5 Å². The van der Waals surface area contributed by atoms with Crippen molar-refractivity contribution in [3.63, 3.8) is 0 Å². The van der Waals surface area contributed by atoms with Gasteiger partial charge in [0.15, 0.2) is 5.65 Å². The molecule has 1 fully saturated rings. The summed E-state index contributed by atoms with van der Waals surface area (Å²) in [5.74, 6) is -0.244. The fourth-order valence-electron chi connectivity index (χ4n) is 6.29. The number of halogens is 2. The molecule has 1 aliphatic carbocycles. The summed E-state index contributed by atoms with van der Waals surface area (Å²) in [6.45, 7) is 1.43. The van der Waals surface area contributed by atoms with Crippen molar-refractivity contribution in [1.29, 1.82) is 0 Å². The first-order valence-electron chi connectivity index (χ1n) is 12.7. The second kappa shape index (κ2) is 8.64. The van der Waals surface area contributed by atoms with Crippen LogP contribution in [0.15, 0.2) is 36.4 Å². The molecular weight excluding hydrogens is 537 g/mol. The number of aromatic nitrogens is 6. The maximum Gasteiger partial charge on any atom is 0.268 e. The van der Waals surface area contributed by atoms with E-state index in [4.69, 9.17) is 39.7 Å². The number of piperidine rings is 1. The van der Waals surface area contributed by atoms with E-state index in [0.717, 1.165) is 19.3 Å². The van der Waals surface area contributed by atoms with Crippen molar-refractivity contribution in [1.82, 2.24) is 29.9 Å². The third-order valence-electron chi connectivity index (χ3n) is 8.40. The average Bonchev–Trinajstić information content (AvgIpc) is 3.57. The minimum Gasteiger partial charge on any atom is -0.364 e. The lowest BCUT2D eigenvalue weighted by Crippen LogP contribution is -2.45. The van der Waals surface area contributed by atoms with Crippen molar-refractivity contribution in [2.75, 3.05) is 18.0 Å². The van der Waals surface area contributed by atoms with Crippen molar-refractivity contribution in [3.05, 3.63) is 63.4 Å². The minimum atomic E-state index is -0.676. The molecule has 1 atom stereocenters. The zero-order chi connectivity index (χ0) is 27.1. The van der Waals surface area contributed by atoms with E-state index in [2.05, 4.69) is 49.4 Å². The molecule has 0 unspecified atom stereocenters. The van der Waals surface area contributed by atoms with Crippen molar-refractivity contribution in [2.24, 2.45) is 23.9 Å². The van der Waals surface area contributed by atoms with Crippen LogP contribution in [-0.4, -0.2) is 48.9 Å². The Morgan fingerprint density at radius 1 is 1.10 bits per heavy atom. The van der Waals surface area contributed by atoms with Gasteiger partial charge in [0.2, 0.25) is 5.95 Å². The average molecular weight is 562 g/mol. The SMILES string of the molecule is Cn1nc2ccc(-c3n[nH]c4nc(N5CCC6(CC5)Cc5ccccc5[C@H]6N)nc(C(N)=O)c34)c(Cl)c2c1Cl. The lowest BCUT2D eigenvalue weighted by molar-refractivity contribution is 0.0997.